The van der Waals surface area contributed by atoms with Crippen LogP contribution < -0.4 is 0 Å². The minimum absolute atomic E-state index is 0.104. The second-order valence-electron chi connectivity index (χ2n) is 5.46. The lowest BCUT2D eigenvalue weighted by atomic mass is 10.1. The summed E-state index contributed by atoms with van der Waals surface area (Å²) in [5, 5.41) is 2.95. The van der Waals surface area contributed by atoms with Crippen molar-refractivity contribution in [2.75, 3.05) is 13.7 Å². The Morgan fingerprint density at radius 1 is 1.27 bits per heavy atom. The monoisotopic (exact) mass is 313 g/mol. The number of para-hydroxylation sites is 1. The zero-order valence-electron chi connectivity index (χ0n) is 13.0. The molecular weight excluding hydrogens is 294 g/mol. The molecule has 4 heteroatoms. The van der Waals surface area contributed by atoms with Crippen LogP contribution in [0.1, 0.15) is 33.9 Å². The molecule has 0 aliphatic rings. The first kappa shape index (κ1) is 15.0. The van der Waals surface area contributed by atoms with Crippen LogP contribution in [0.5, 0.6) is 0 Å². The van der Waals surface area contributed by atoms with Crippen LogP contribution in [0.2, 0.25) is 0 Å². The number of ether oxygens (including phenoxy) is 1. The van der Waals surface area contributed by atoms with Gasteiger partial charge >= 0.3 is 0 Å². The number of rotatable bonds is 5. The highest BCUT2D eigenvalue weighted by Crippen LogP contribution is 2.31. The molecular formula is C18H19NO2S. The molecule has 0 bridgehead atoms. The third kappa shape index (κ3) is 2.38. The number of aromatic nitrogens is 1. The van der Waals surface area contributed by atoms with Crippen LogP contribution in [0.15, 0.2) is 41.8 Å². The lowest BCUT2D eigenvalue weighted by Crippen LogP contribution is -2.13. The van der Waals surface area contributed by atoms with Gasteiger partial charge in [-0.15, -0.1) is 11.3 Å². The Kier molecular flexibility index (Phi) is 4.14. The van der Waals surface area contributed by atoms with Gasteiger partial charge in [0.05, 0.1) is 23.1 Å². The van der Waals surface area contributed by atoms with Gasteiger partial charge in [-0.2, -0.15) is 0 Å². The lowest BCUT2D eigenvalue weighted by Gasteiger charge is -2.16. The summed E-state index contributed by atoms with van der Waals surface area (Å²) in [5.74, 6) is 0.104. The van der Waals surface area contributed by atoms with Gasteiger partial charge in [0, 0.05) is 23.7 Å². The van der Waals surface area contributed by atoms with Gasteiger partial charge in [0.1, 0.15) is 0 Å². The Balaban J connectivity index is 2.23. The van der Waals surface area contributed by atoms with E-state index in [9.17, 15) is 4.79 Å². The standard InChI is InChI=1S/C18H19NO2S/c1-12(11-21-3)19-13(2)17(14-7-4-5-8-15(14)19)18(20)16-9-6-10-22-16/h4-10,12H,11H2,1-3H3. The van der Waals surface area contributed by atoms with E-state index in [1.807, 2.05) is 42.6 Å². The normalized spacial score (nSPS) is 12.7. The second kappa shape index (κ2) is 6.07. The van der Waals surface area contributed by atoms with E-state index < -0.39 is 0 Å². The minimum atomic E-state index is 0.104. The summed E-state index contributed by atoms with van der Waals surface area (Å²) in [7, 11) is 1.70. The van der Waals surface area contributed by atoms with Gasteiger partial charge in [0.25, 0.3) is 0 Å². The fourth-order valence-corrected chi connectivity index (χ4v) is 3.76. The summed E-state index contributed by atoms with van der Waals surface area (Å²) in [6, 6.07) is 12.1. The zero-order chi connectivity index (χ0) is 15.7. The summed E-state index contributed by atoms with van der Waals surface area (Å²) in [6.45, 7) is 4.75. The third-order valence-electron chi connectivity index (χ3n) is 3.98. The van der Waals surface area contributed by atoms with Crippen molar-refractivity contribution in [1.29, 1.82) is 0 Å². The van der Waals surface area contributed by atoms with Crippen LogP contribution in [0.4, 0.5) is 0 Å². The number of hydrogen-bond donors (Lipinski definition) is 0. The number of nitrogens with zero attached hydrogens (tertiary/aromatic N) is 1. The molecule has 1 aromatic carbocycles. The molecule has 3 rings (SSSR count). The quantitative estimate of drug-likeness (QED) is 0.652. The molecule has 0 fully saturated rings. The van der Waals surface area contributed by atoms with Gasteiger partial charge in [-0.25, -0.2) is 0 Å². The van der Waals surface area contributed by atoms with Crippen molar-refractivity contribution in [3.63, 3.8) is 0 Å². The fraction of sp³-hybridized carbons (Fsp3) is 0.278. The van der Waals surface area contributed by atoms with Gasteiger partial charge < -0.3 is 9.30 Å². The van der Waals surface area contributed by atoms with Gasteiger partial charge in [-0.05, 0) is 31.4 Å². The SMILES string of the molecule is COCC(C)n1c(C)c(C(=O)c2cccs2)c2ccccc21. The second-order valence-corrected chi connectivity index (χ2v) is 6.41. The van der Waals surface area contributed by atoms with Crippen molar-refractivity contribution in [3.05, 3.63) is 57.9 Å². The average Bonchev–Trinajstić information content (AvgIpc) is 3.12. The van der Waals surface area contributed by atoms with E-state index in [0.29, 0.717) is 6.61 Å². The number of carbonyl (C=O) groups excluding carboxylic acids is 1. The number of methoxy groups -OCH3 is 1. The first-order valence-corrected chi connectivity index (χ1v) is 8.19. The van der Waals surface area contributed by atoms with Crippen molar-refractivity contribution in [3.8, 4) is 0 Å². The molecule has 114 valence electrons. The first-order valence-electron chi connectivity index (χ1n) is 7.31. The Bertz CT molecular complexity index is 802. The maximum atomic E-state index is 12.9. The van der Waals surface area contributed by atoms with Crippen molar-refractivity contribution in [2.45, 2.75) is 19.9 Å². The highest BCUT2D eigenvalue weighted by atomic mass is 32.1. The number of thiophene rings is 1. The fourth-order valence-electron chi connectivity index (χ4n) is 3.09. The van der Waals surface area contributed by atoms with Crippen LogP contribution in [-0.4, -0.2) is 24.1 Å². The molecule has 3 nitrogen and oxygen atoms in total. The number of hydrogen-bond acceptors (Lipinski definition) is 3. The van der Waals surface area contributed by atoms with Gasteiger partial charge in [-0.3, -0.25) is 4.79 Å². The van der Waals surface area contributed by atoms with Crippen molar-refractivity contribution >= 4 is 28.0 Å². The Morgan fingerprint density at radius 2 is 2.05 bits per heavy atom. The van der Waals surface area contributed by atoms with Gasteiger partial charge in [0.2, 0.25) is 5.78 Å². The van der Waals surface area contributed by atoms with E-state index in [1.165, 1.54) is 11.3 Å². The van der Waals surface area contributed by atoms with E-state index in [1.54, 1.807) is 7.11 Å². The number of ketones is 1. The third-order valence-corrected chi connectivity index (χ3v) is 4.85. The van der Waals surface area contributed by atoms with Crippen LogP contribution in [0.3, 0.4) is 0 Å². The predicted molar refractivity (Wildman–Crippen MR) is 91.0 cm³/mol. The van der Waals surface area contributed by atoms with Gasteiger partial charge in [0.15, 0.2) is 0 Å². The molecule has 1 unspecified atom stereocenters. The number of carbonyl (C=O) groups is 1. The summed E-state index contributed by atoms with van der Waals surface area (Å²) >= 11 is 1.49. The molecule has 0 radical (unpaired) electrons. The van der Waals surface area contributed by atoms with Crippen LogP contribution in [0.25, 0.3) is 10.9 Å². The van der Waals surface area contributed by atoms with E-state index >= 15 is 0 Å². The minimum Gasteiger partial charge on any atom is -0.383 e. The van der Waals surface area contributed by atoms with E-state index in [4.69, 9.17) is 4.74 Å². The average molecular weight is 313 g/mol. The molecule has 2 heterocycles. The number of fused-ring (bicyclic) bond motifs is 1. The molecule has 22 heavy (non-hydrogen) atoms. The van der Waals surface area contributed by atoms with E-state index in [-0.39, 0.29) is 11.8 Å². The van der Waals surface area contributed by atoms with Crippen molar-refractivity contribution in [2.24, 2.45) is 0 Å². The van der Waals surface area contributed by atoms with Crippen LogP contribution in [-0.2, 0) is 4.74 Å². The molecule has 1 atom stereocenters. The highest BCUT2D eigenvalue weighted by Gasteiger charge is 2.23. The van der Waals surface area contributed by atoms with Crippen LogP contribution >= 0.6 is 11.3 Å². The lowest BCUT2D eigenvalue weighted by molar-refractivity contribution is 0.104. The summed E-state index contributed by atoms with van der Waals surface area (Å²) in [6.07, 6.45) is 0. The molecule has 0 saturated carbocycles. The highest BCUT2D eigenvalue weighted by molar-refractivity contribution is 7.12. The van der Waals surface area contributed by atoms with E-state index in [2.05, 4.69) is 17.6 Å². The molecule has 3 aromatic rings. The largest absolute Gasteiger partial charge is 0.383 e. The Labute approximate surface area is 134 Å². The van der Waals surface area contributed by atoms with Gasteiger partial charge in [-0.1, -0.05) is 24.3 Å². The summed E-state index contributed by atoms with van der Waals surface area (Å²) < 4.78 is 7.51. The molecule has 2 aromatic heterocycles. The maximum Gasteiger partial charge on any atom is 0.205 e. The first-order chi connectivity index (χ1) is 10.6. The Hall–Kier alpha value is -1.91. The number of benzene rings is 1. The topological polar surface area (TPSA) is 31.2 Å². The predicted octanol–water partition coefficient (Wildman–Crippen LogP) is 4.45. The maximum absolute atomic E-state index is 12.9. The Morgan fingerprint density at radius 3 is 2.73 bits per heavy atom. The van der Waals surface area contributed by atoms with E-state index in [0.717, 1.165) is 27.0 Å². The van der Waals surface area contributed by atoms with Crippen molar-refractivity contribution < 1.29 is 9.53 Å². The zero-order valence-corrected chi connectivity index (χ0v) is 13.8. The molecule has 0 aliphatic heterocycles. The molecule has 0 saturated heterocycles. The molecule has 0 spiro atoms. The van der Waals surface area contributed by atoms with Crippen molar-refractivity contribution in [1.82, 2.24) is 4.57 Å². The molecule has 0 aliphatic carbocycles. The molecule has 0 N–H and O–H groups in total. The summed E-state index contributed by atoms with van der Waals surface area (Å²) in [5.41, 5.74) is 2.90. The van der Waals surface area contributed by atoms with Crippen LogP contribution in [0, 0.1) is 6.92 Å². The summed E-state index contributed by atoms with van der Waals surface area (Å²) in [4.78, 5) is 13.7. The molecule has 0 amide bonds. The smallest absolute Gasteiger partial charge is 0.205 e.